The predicted molar refractivity (Wildman–Crippen MR) is 86.7 cm³/mol. The lowest BCUT2D eigenvalue weighted by molar-refractivity contribution is -0.141. The van der Waals surface area contributed by atoms with E-state index in [2.05, 4.69) is 15.3 Å². The number of aromatic nitrogens is 4. The topological polar surface area (TPSA) is 52.8 Å². The maximum absolute atomic E-state index is 12.7. The molecular weight excluding hydrogens is 353 g/mol. The zero-order valence-electron chi connectivity index (χ0n) is 13.1. The molecule has 5 nitrogen and oxygen atoms in total. The van der Waals surface area contributed by atoms with Crippen molar-refractivity contribution in [3.8, 4) is 11.4 Å². The van der Waals surface area contributed by atoms with E-state index in [-0.39, 0.29) is 0 Å². The molecule has 0 aliphatic heterocycles. The van der Waals surface area contributed by atoms with Crippen molar-refractivity contribution in [2.45, 2.75) is 16.8 Å². The third-order valence-electron chi connectivity index (χ3n) is 3.29. The van der Waals surface area contributed by atoms with E-state index >= 15 is 0 Å². The van der Waals surface area contributed by atoms with Crippen molar-refractivity contribution in [2.24, 2.45) is 0 Å². The Hall–Kier alpha value is -2.55. The fourth-order valence-electron chi connectivity index (χ4n) is 2.04. The summed E-state index contributed by atoms with van der Waals surface area (Å²) in [6.07, 6.45) is -1.56. The summed E-state index contributed by atoms with van der Waals surface area (Å²) in [4.78, 5) is 3.82. The highest BCUT2D eigenvalue weighted by atomic mass is 32.2. The van der Waals surface area contributed by atoms with Crippen LogP contribution in [0, 0.1) is 0 Å². The molecule has 0 aliphatic carbocycles. The van der Waals surface area contributed by atoms with Crippen LogP contribution >= 0.6 is 11.8 Å². The van der Waals surface area contributed by atoms with Gasteiger partial charge in [0, 0.05) is 16.8 Å². The van der Waals surface area contributed by atoms with Gasteiger partial charge in [-0.05, 0) is 36.4 Å². The van der Waals surface area contributed by atoms with E-state index in [1.807, 2.05) is 12.1 Å². The Balaban J connectivity index is 1.67. The normalized spacial score (nSPS) is 11.5. The van der Waals surface area contributed by atoms with Gasteiger partial charge in [-0.1, -0.05) is 5.21 Å². The summed E-state index contributed by atoms with van der Waals surface area (Å²) in [7, 11) is 1.59. The van der Waals surface area contributed by atoms with Crippen molar-refractivity contribution in [1.29, 1.82) is 0 Å². The molecule has 0 aliphatic rings. The summed E-state index contributed by atoms with van der Waals surface area (Å²) < 4.78 is 44.7. The second-order valence-electron chi connectivity index (χ2n) is 5.02. The van der Waals surface area contributed by atoms with Gasteiger partial charge in [0.1, 0.15) is 11.4 Å². The molecule has 2 aromatic heterocycles. The van der Waals surface area contributed by atoms with E-state index in [1.54, 1.807) is 30.1 Å². The molecule has 0 saturated carbocycles. The summed E-state index contributed by atoms with van der Waals surface area (Å²) in [6.45, 7) is 0. The summed E-state index contributed by atoms with van der Waals surface area (Å²) >= 11 is 1.24. The number of methoxy groups -OCH3 is 1. The smallest absolute Gasteiger partial charge is 0.433 e. The summed E-state index contributed by atoms with van der Waals surface area (Å²) in [6, 6.07) is 9.85. The van der Waals surface area contributed by atoms with Gasteiger partial charge in [0.25, 0.3) is 0 Å². The van der Waals surface area contributed by atoms with Crippen LogP contribution in [0.5, 0.6) is 5.75 Å². The van der Waals surface area contributed by atoms with Crippen molar-refractivity contribution in [2.75, 3.05) is 7.11 Å². The Kier molecular flexibility index (Phi) is 4.93. The Morgan fingerprint density at radius 3 is 2.60 bits per heavy atom. The van der Waals surface area contributed by atoms with E-state index in [9.17, 15) is 13.2 Å². The molecule has 0 atom stereocenters. The maximum atomic E-state index is 12.7. The third-order valence-corrected chi connectivity index (χ3v) is 4.31. The lowest BCUT2D eigenvalue weighted by Crippen LogP contribution is -2.07. The first kappa shape index (κ1) is 17.3. The number of nitrogens with zero attached hydrogens (tertiary/aromatic N) is 4. The lowest BCUT2D eigenvalue weighted by atomic mass is 10.3. The molecule has 0 spiro atoms. The van der Waals surface area contributed by atoms with Gasteiger partial charge in [-0.2, -0.15) is 13.2 Å². The Labute approximate surface area is 145 Å². The molecule has 25 heavy (non-hydrogen) atoms. The first-order valence-electron chi connectivity index (χ1n) is 7.17. The number of halogens is 3. The minimum absolute atomic E-state index is 0.400. The highest BCUT2D eigenvalue weighted by molar-refractivity contribution is 7.98. The Morgan fingerprint density at radius 1 is 1.16 bits per heavy atom. The fraction of sp³-hybridized carbons (Fsp3) is 0.188. The van der Waals surface area contributed by atoms with E-state index in [0.29, 0.717) is 16.3 Å². The molecular formula is C16H13F3N4OS. The summed E-state index contributed by atoms with van der Waals surface area (Å²) in [5.41, 5.74) is 0.568. The molecule has 0 saturated heterocycles. The van der Waals surface area contributed by atoms with Gasteiger partial charge in [-0.3, -0.25) is 4.98 Å². The van der Waals surface area contributed by atoms with Crippen LogP contribution in [0.2, 0.25) is 0 Å². The second kappa shape index (κ2) is 7.14. The van der Waals surface area contributed by atoms with Gasteiger partial charge in [-0.15, -0.1) is 16.9 Å². The fourth-order valence-corrected chi connectivity index (χ4v) is 2.84. The number of alkyl halides is 3. The van der Waals surface area contributed by atoms with Gasteiger partial charge in [0.15, 0.2) is 0 Å². The Morgan fingerprint density at radius 2 is 1.92 bits per heavy atom. The van der Waals surface area contributed by atoms with Gasteiger partial charge < -0.3 is 4.74 Å². The number of benzene rings is 1. The molecule has 0 N–H and O–H groups in total. The average Bonchev–Trinajstić information content (AvgIpc) is 3.08. The molecule has 2 heterocycles. The van der Waals surface area contributed by atoms with Crippen LogP contribution in [0.15, 0.2) is 53.7 Å². The van der Waals surface area contributed by atoms with Crippen LogP contribution in [-0.2, 0) is 11.9 Å². The zero-order valence-corrected chi connectivity index (χ0v) is 13.9. The third kappa shape index (κ3) is 4.30. The molecule has 9 heteroatoms. The van der Waals surface area contributed by atoms with E-state index in [0.717, 1.165) is 23.7 Å². The minimum atomic E-state index is -4.45. The molecule has 0 unspecified atom stereocenters. The second-order valence-corrected chi connectivity index (χ2v) is 6.06. The van der Waals surface area contributed by atoms with Crippen LogP contribution in [0.4, 0.5) is 13.2 Å². The largest absolute Gasteiger partial charge is 0.497 e. The standard InChI is InChI=1S/C16H13F3N4OS/c1-24-13-4-2-12(3-5-13)23-9-11(21-22-23)10-25-14-6-7-20-15(8-14)16(17,18)19/h2-9H,10H2,1H3. The SMILES string of the molecule is COc1ccc(-n2cc(CSc3ccnc(C(F)(F)F)c3)nn2)cc1. The van der Waals surface area contributed by atoms with Crippen molar-refractivity contribution in [3.63, 3.8) is 0 Å². The van der Waals surface area contributed by atoms with Crippen molar-refractivity contribution in [3.05, 3.63) is 60.2 Å². The highest BCUT2D eigenvalue weighted by Crippen LogP contribution is 2.31. The van der Waals surface area contributed by atoms with Crippen molar-refractivity contribution < 1.29 is 17.9 Å². The van der Waals surface area contributed by atoms with Gasteiger partial charge in [-0.25, -0.2) is 4.68 Å². The molecule has 130 valence electrons. The first-order valence-corrected chi connectivity index (χ1v) is 8.16. The first-order chi connectivity index (χ1) is 12.0. The van der Waals surface area contributed by atoms with Gasteiger partial charge in [0.05, 0.1) is 24.7 Å². The van der Waals surface area contributed by atoms with Crippen LogP contribution in [0.1, 0.15) is 11.4 Å². The number of hydrogen-bond donors (Lipinski definition) is 0. The highest BCUT2D eigenvalue weighted by Gasteiger charge is 2.32. The molecule has 3 rings (SSSR count). The molecule has 1 aromatic carbocycles. The summed E-state index contributed by atoms with van der Waals surface area (Å²) in [5.74, 6) is 1.13. The van der Waals surface area contributed by atoms with Crippen molar-refractivity contribution >= 4 is 11.8 Å². The average molecular weight is 366 g/mol. The number of thioether (sulfide) groups is 1. The molecule has 0 bridgehead atoms. The minimum Gasteiger partial charge on any atom is -0.497 e. The van der Waals surface area contributed by atoms with Crippen LogP contribution in [0.3, 0.4) is 0 Å². The van der Waals surface area contributed by atoms with Crippen LogP contribution < -0.4 is 4.74 Å². The van der Waals surface area contributed by atoms with E-state index in [1.165, 1.54) is 17.8 Å². The number of pyridine rings is 1. The predicted octanol–water partition coefficient (Wildman–Crippen LogP) is 3.98. The molecule has 3 aromatic rings. The Bertz CT molecular complexity index is 849. The molecule has 0 amide bonds. The van der Waals surface area contributed by atoms with E-state index in [4.69, 9.17) is 4.74 Å². The summed E-state index contributed by atoms with van der Waals surface area (Å²) in [5, 5.41) is 8.08. The van der Waals surface area contributed by atoms with Crippen LogP contribution in [-0.4, -0.2) is 27.1 Å². The van der Waals surface area contributed by atoms with Crippen LogP contribution in [0.25, 0.3) is 5.69 Å². The lowest BCUT2D eigenvalue weighted by Gasteiger charge is -2.06. The monoisotopic (exact) mass is 366 g/mol. The van der Waals surface area contributed by atoms with E-state index < -0.39 is 11.9 Å². The maximum Gasteiger partial charge on any atom is 0.433 e. The number of ether oxygens (including phenoxy) is 1. The van der Waals surface area contributed by atoms with Gasteiger partial charge in [0.2, 0.25) is 0 Å². The number of hydrogen-bond acceptors (Lipinski definition) is 5. The van der Waals surface area contributed by atoms with Crippen molar-refractivity contribution in [1.82, 2.24) is 20.0 Å². The quantitative estimate of drug-likeness (QED) is 0.639. The van der Waals surface area contributed by atoms with Gasteiger partial charge >= 0.3 is 6.18 Å². The molecule has 0 radical (unpaired) electrons. The zero-order chi connectivity index (χ0) is 17.9. The number of rotatable bonds is 5. The molecule has 0 fully saturated rings.